The minimum Gasteiger partial charge on any atom is -0.309 e. The first-order valence-electron chi connectivity index (χ1n) is 10.7. The summed E-state index contributed by atoms with van der Waals surface area (Å²) in [5.41, 5.74) is 4.55. The van der Waals surface area contributed by atoms with Gasteiger partial charge in [0.2, 0.25) is 0 Å². The summed E-state index contributed by atoms with van der Waals surface area (Å²) in [5, 5.41) is 3.78. The zero-order valence-electron chi connectivity index (χ0n) is 17.5. The normalized spacial score (nSPS) is 12.1. The third-order valence-electron chi connectivity index (χ3n) is 6.22. The second-order valence-electron chi connectivity index (χ2n) is 8.16. The minimum absolute atomic E-state index is 0.578. The summed E-state index contributed by atoms with van der Waals surface area (Å²) in [6.45, 7) is 0. The maximum atomic E-state index is 13.1. The number of aromatic nitrogens is 1. The molecule has 0 spiro atoms. The molecule has 0 fully saturated rings. The van der Waals surface area contributed by atoms with Gasteiger partial charge in [-0.3, -0.25) is 0 Å². The molecule has 0 aliphatic carbocycles. The van der Waals surface area contributed by atoms with Crippen molar-refractivity contribution < 1.29 is 13.2 Å². The van der Waals surface area contributed by atoms with E-state index in [1.165, 1.54) is 16.8 Å². The van der Waals surface area contributed by atoms with Crippen LogP contribution in [0.15, 0.2) is 109 Å². The average molecular weight is 437 g/mol. The van der Waals surface area contributed by atoms with E-state index in [1.54, 1.807) is 18.2 Å². The lowest BCUT2D eigenvalue weighted by molar-refractivity contribution is -0.137. The van der Waals surface area contributed by atoms with Crippen molar-refractivity contribution in [3.05, 3.63) is 115 Å². The summed E-state index contributed by atoms with van der Waals surface area (Å²) < 4.78 is 41.7. The topological polar surface area (TPSA) is 4.93 Å². The van der Waals surface area contributed by atoms with E-state index in [1.807, 2.05) is 42.5 Å². The third kappa shape index (κ3) is 3.18. The van der Waals surface area contributed by atoms with E-state index >= 15 is 0 Å². The van der Waals surface area contributed by atoms with Crippen LogP contribution >= 0.6 is 0 Å². The van der Waals surface area contributed by atoms with Gasteiger partial charge in [0.25, 0.3) is 0 Å². The summed E-state index contributed by atoms with van der Waals surface area (Å²) in [6.07, 6.45) is -4.35. The average Bonchev–Trinajstić information content (AvgIpc) is 3.17. The number of fused-ring (bicyclic) bond motifs is 4. The van der Waals surface area contributed by atoms with Crippen molar-refractivity contribution in [3.63, 3.8) is 0 Å². The van der Waals surface area contributed by atoms with Crippen molar-refractivity contribution in [3.8, 4) is 16.8 Å². The molecule has 0 saturated heterocycles. The van der Waals surface area contributed by atoms with Gasteiger partial charge in [0.1, 0.15) is 0 Å². The molecular formula is C29H18F3N. The standard InChI is InChI=1S/C29H18F3N/c30-29(31,32)21-14-17-24-20(18-21)6-5-9-23(24)19-12-15-22(16-13-19)33-27-10-3-1-7-25(27)26-8-2-4-11-28(26)33/h1-18H. The van der Waals surface area contributed by atoms with Gasteiger partial charge in [0.05, 0.1) is 16.6 Å². The smallest absolute Gasteiger partial charge is 0.309 e. The largest absolute Gasteiger partial charge is 0.416 e. The molecule has 0 N–H and O–H groups in total. The van der Waals surface area contributed by atoms with E-state index in [-0.39, 0.29) is 0 Å². The van der Waals surface area contributed by atoms with Gasteiger partial charge in [0, 0.05) is 16.5 Å². The summed E-state index contributed by atoms with van der Waals surface area (Å²) in [6, 6.07) is 34.3. The molecule has 5 aromatic carbocycles. The van der Waals surface area contributed by atoms with Crippen LogP contribution in [0.4, 0.5) is 13.2 Å². The van der Waals surface area contributed by atoms with Crippen LogP contribution in [-0.2, 0) is 6.18 Å². The van der Waals surface area contributed by atoms with Crippen molar-refractivity contribution in [1.82, 2.24) is 4.57 Å². The van der Waals surface area contributed by atoms with E-state index < -0.39 is 11.7 Å². The monoisotopic (exact) mass is 437 g/mol. The van der Waals surface area contributed by atoms with Gasteiger partial charge in [-0.25, -0.2) is 0 Å². The molecule has 0 aliphatic heterocycles. The van der Waals surface area contributed by atoms with E-state index in [0.29, 0.717) is 5.39 Å². The number of nitrogens with zero attached hydrogens (tertiary/aromatic N) is 1. The molecule has 0 aliphatic rings. The Bertz CT molecular complexity index is 1590. The molecular weight excluding hydrogens is 419 g/mol. The van der Waals surface area contributed by atoms with Crippen LogP contribution in [0.5, 0.6) is 0 Å². The van der Waals surface area contributed by atoms with Crippen molar-refractivity contribution in [2.24, 2.45) is 0 Å². The van der Waals surface area contributed by atoms with Crippen LogP contribution in [0.3, 0.4) is 0 Å². The predicted octanol–water partition coefficient (Wildman–Crippen LogP) is 8.62. The van der Waals surface area contributed by atoms with Crippen LogP contribution in [0, 0.1) is 0 Å². The Kier molecular flexibility index (Phi) is 4.31. The Morgan fingerprint density at radius 2 is 1.18 bits per heavy atom. The van der Waals surface area contributed by atoms with Crippen molar-refractivity contribution in [1.29, 1.82) is 0 Å². The van der Waals surface area contributed by atoms with Crippen molar-refractivity contribution in [2.45, 2.75) is 6.18 Å². The minimum atomic E-state index is -4.35. The fourth-order valence-electron chi connectivity index (χ4n) is 4.70. The third-order valence-corrected chi connectivity index (χ3v) is 6.22. The highest BCUT2D eigenvalue weighted by Gasteiger charge is 2.30. The number of hydrogen-bond donors (Lipinski definition) is 0. The quantitative estimate of drug-likeness (QED) is 0.255. The fourth-order valence-corrected chi connectivity index (χ4v) is 4.70. The van der Waals surface area contributed by atoms with Crippen LogP contribution in [-0.4, -0.2) is 4.57 Å². The van der Waals surface area contributed by atoms with Gasteiger partial charge < -0.3 is 4.57 Å². The molecule has 160 valence electrons. The number of hydrogen-bond acceptors (Lipinski definition) is 0. The van der Waals surface area contributed by atoms with E-state index in [0.717, 1.165) is 39.3 Å². The van der Waals surface area contributed by atoms with Gasteiger partial charge in [-0.15, -0.1) is 0 Å². The molecule has 1 heterocycles. The summed E-state index contributed by atoms with van der Waals surface area (Å²) in [5.74, 6) is 0. The van der Waals surface area contributed by atoms with Crippen molar-refractivity contribution >= 4 is 32.6 Å². The van der Waals surface area contributed by atoms with Crippen LogP contribution in [0.2, 0.25) is 0 Å². The Balaban J connectivity index is 1.48. The van der Waals surface area contributed by atoms with Gasteiger partial charge >= 0.3 is 6.18 Å². The molecule has 0 saturated carbocycles. The number of rotatable bonds is 2. The van der Waals surface area contributed by atoms with Gasteiger partial charge in [-0.1, -0.05) is 72.8 Å². The Labute approximate surface area is 188 Å². The van der Waals surface area contributed by atoms with Gasteiger partial charge in [0.15, 0.2) is 0 Å². The number of alkyl halides is 3. The molecule has 33 heavy (non-hydrogen) atoms. The fraction of sp³-hybridized carbons (Fsp3) is 0.0345. The molecule has 1 nitrogen and oxygen atoms in total. The summed E-state index contributed by atoms with van der Waals surface area (Å²) in [4.78, 5) is 0. The van der Waals surface area contributed by atoms with Gasteiger partial charge in [-0.2, -0.15) is 13.2 Å². The SMILES string of the molecule is FC(F)(F)c1ccc2c(-c3ccc(-n4c5ccccc5c5ccccc54)cc3)cccc2c1. The molecule has 0 amide bonds. The molecule has 4 heteroatoms. The Morgan fingerprint density at radius 3 is 1.82 bits per heavy atom. The highest BCUT2D eigenvalue weighted by atomic mass is 19.4. The van der Waals surface area contributed by atoms with Crippen LogP contribution in [0.25, 0.3) is 49.4 Å². The van der Waals surface area contributed by atoms with E-state index in [4.69, 9.17) is 0 Å². The zero-order chi connectivity index (χ0) is 22.6. The number of benzene rings is 5. The van der Waals surface area contributed by atoms with Crippen LogP contribution in [0.1, 0.15) is 5.56 Å². The Morgan fingerprint density at radius 1 is 0.545 bits per heavy atom. The molecule has 0 unspecified atom stereocenters. The highest BCUT2D eigenvalue weighted by molar-refractivity contribution is 6.09. The van der Waals surface area contributed by atoms with Crippen molar-refractivity contribution in [2.75, 3.05) is 0 Å². The second-order valence-corrected chi connectivity index (χ2v) is 8.16. The lowest BCUT2D eigenvalue weighted by Crippen LogP contribution is -2.04. The number of halogens is 3. The molecule has 0 radical (unpaired) electrons. The summed E-state index contributed by atoms with van der Waals surface area (Å²) in [7, 11) is 0. The number of para-hydroxylation sites is 2. The zero-order valence-corrected chi connectivity index (χ0v) is 17.5. The van der Waals surface area contributed by atoms with Crippen LogP contribution < -0.4 is 0 Å². The second kappa shape index (κ2) is 7.24. The van der Waals surface area contributed by atoms with E-state index in [9.17, 15) is 13.2 Å². The molecule has 0 bridgehead atoms. The summed E-state index contributed by atoms with van der Waals surface area (Å²) >= 11 is 0. The molecule has 6 aromatic rings. The maximum Gasteiger partial charge on any atom is 0.416 e. The maximum absolute atomic E-state index is 13.1. The highest BCUT2D eigenvalue weighted by Crippen LogP contribution is 2.36. The molecule has 0 atom stereocenters. The first-order valence-corrected chi connectivity index (χ1v) is 10.7. The first kappa shape index (κ1) is 19.6. The first-order chi connectivity index (χ1) is 16.0. The van der Waals surface area contributed by atoms with Gasteiger partial charge in [-0.05, 0) is 58.3 Å². The molecule has 6 rings (SSSR count). The Hall–Kier alpha value is -4.05. The molecule has 1 aromatic heterocycles. The predicted molar refractivity (Wildman–Crippen MR) is 129 cm³/mol. The van der Waals surface area contributed by atoms with E-state index in [2.05, 4.69) is 41.0 Å². The lowest BCUT2D eigenvalue weighted by atomic mass is 9.96. The lowest BCUT2D eigenvalue weighted by Gasteiger charge is -2.12.